The molecule has 2 atom stereocenters. The van der Waals surface area contributed by atoms with Crippen LogP contribution in [0.5, 0.6) is 0 Å². The summed E-state index contributed by atoms with van der Waals surface area (Å²) in [7, 11) is 1.64. The van der Waals surface area contributed by atoms with Gasteiger partial charge in [-0.3, -0.25) is 14.7 Å². The molecular formula is C11H16N4O3. The molecule has 7 nitrogen and oxygen atoms in total. The second kappa shape index (κ2) is 4.08. The predicted octanol–water partition coefficient (Wildman–Crippen LogP) is 0.120. The lowest BCUT2D eigenvalue weighted by atomic mass is 10.1. The fraction of sp³-hybridized carbons (Fsp3) is 0.636. The molecule has 1 amide bonds. The maximum atomic E-state index is 12.2. The van der Waals surface area contributed by atoms with Crippen molar-refractivity contribution in [3.05, 3.63) is 12.2 Å². The minimum atomic E-state index is -0.911. The average molecular weight is 252 g/mol. The van der Waals surface area contributed by atoms with Gasteiger partial charge in [0.1, 0.15) is 12.2 Å². The van der Waals surface area contributed by atoms with Crippen LogP contribution in [-0.2, 0) is 16.1 Å². The first kappa shape index (κ1) is 12.5. The topological polar surface area (TPSA) is 99.2 Å². The summed E-state index contributed by atoms with van der Waals surface area (Å²) in [5, 5.41) is 15.4. The van der Waals surface area contributed by atoms with Crippen LogP contribution in [0.3, 0.4) is 0 Å². The summed E-state index contributed by atoms with van der Waals surface area (Å²) in [6, 6.07) is 0. The molecule has 1 aromatic rings. The Morgan fingerprint density at radius 3 is 2.61 bits per heavy atom. The van der Waals surface area contributed by atoms with Crippen molar-refractivity contribution in [3.8, 4) is 0 Å². The van der Waals surface area contributed by atoms with Gasteiger partial charge < -0.3 is 10.0 Å². The largest absolute Gasteiger partial charge is 0.481 e. The molecule has 1 heterocycles. The number of aliphatic carboxylic acids is 1. The lowest BCUT2D eigenvalue weighted by molar-refractivity contribution is -0.141. The number of carbonyl (C=O) groups excluding carboxylic acids is 1. The van der Waals surface area contributed by atoms with Gasteiger partial charge in [-0.15, -0.1) is 0 Å². The van der Waals surface area contributed by atoms with Crippen LogP contribution in [0.2, 0.25) is 0 Å². The van der Waals surface area contributed by atoms with E-state index in [0.717, 1.165) is 0 Å². The number of rotatable bonds is 4. The zero-order valence-electron chi connectivity index (χ0n) is 10.5. The van der Waals surface area contributed by atoms with Crippen molar-refractivity contribution in [3.63, 3.8) is 0 Å². The highest BCUT2D eigenvalue weighted by molar-refractivity contribution is 5.91. The molecule has 98 valence electrons. The van der Waals surface area contributed by atoms with E-state index in [1.165, 1.54) is 11.2 Å². The lowest BCUT2D eigenvalue weighted by Gasteiger charge is -2.16. The molecule has 1 aliphatic carbocycles. The van der Waals surface area contributed by atoms with Gasteiger partial charge in [0.25, 0.3) is 0 Å². The molecule has 1 saturated carbocycles. The molecule has 2 rings (SSSR count). The van der Waals surface area contributed by atoms with Gasteiger partial charge in [0, 0.05) is 7.05 Å². The molecule has 1 aromatic heterocycles. The molecule has 0 aliphatic heterocycles. The van der Waals surface area contributed by atoms with Crippen molar-refractivity contribution in [2.45, 2.75) is 20.4 Å². The van der Waals surface area contributed by atoms with Crippen molar-refractivity contribution in [1.29, 1.82) is 0 Å². The zero-order chi connectivity index (χ0) is 13.5. The van der Waals surface area contributed by atoms with E-state index in [9.17, 15) is 9.59 Å². The normalized spacial score (nSPS) is 24.6. The second-order valence-electron chi connectivity index (χ2n) is 5.24. The van der Waals surface area contributed by atoms with Gasteiger partial charge in [0.05, 0.1) is 18.4 Å². The molecule has 0 saturated heterocycles. The van der Waals surface area contributed by atoms with E-state index in [1.807, 2.05) is 0 Å². The number of hydrogen-bond acceptors (Lipinski definition) is 4. The van der Waals surface area contributed by atoms with Crippen molar-refractivity contribution < 1.29 is 14.7 Å². The molecule has 1 fully saturated rings. The molecular weight excluding hydrogens is 236 g/mol. The first-order valence-electron chi connectivity index (χ1n) is 5.67. The van der Waals surface area contributed by atoms with Crippen LogP contribution >= 0.6 is 0 Å². The molecule has 0 radical (unpaired) electrons. The van der Waals surface area contributed by atoms with E-state index in [1.54, 1.807) is 20.9 Å². The highest BCUT2D eigenvalue weighted by Gasteiger charge is 2.66. The third-order valence-corrected chi connectivity index (χ3v) is 3.59. The Bertz CT molecular complexity index is 469. The predicted molar refractivity (Wildman–Crippen MR) is 61.3 cm³/mol. The Hall–Kier alpha value is -1.92. The molecule has 2 N–H and O–H groups in total. The third-order valence-electron chi connectivity index (χ3n) is 3.59. The maximum Gasteiger partial charge on any atom is 0.307 e. The van der Waals surface area contributed by atoms with Crippen molar-refractivity contribution in [1.82, 2.24) is 20.1 Å². The molecule has 0 bridgehead atoms. The summed E-state index contributed by atoms with van der Waals surface area (Å²) in [6.45, 7) is 3.91. The number of nitrogens with one attached hydrogen (secondary N) is 1. The van der Waals surface area contributed by atoms with Crippen LogP contribution in [0.4, 0.5) is 0 Å². The molecule has 2 unspecified atom stereocenters. The number of aromatic nitrogens is 3. The SMILES string of the molecule is CN(Cc1ncn[nH]1)C(=O)C1C(C(=O)O)C1(C)C. The van der Waals surface area contributed by atoms with Crippen molar-refractivity contribution in [2.24, 2.45) is 17.3 Å². The fourth-order valence-electron chi connectivity index (χ4n) is 2.41. The fourth-order valence-corrected chi connectivity index (χ4v) is 2.41. The summed E-state index contributed by atoms with van der Waals surface area (Å²) in [5.41, 5.74) is -0.474. The zero-order valence-corrected chi connectivity index (χ0v) is 10.5. The van der Waals surface area contributed by atoms with Crippen LogP contribution in [0.1, 0.15) is 19.7 Å². The van der Waals surface area contributed by atoms with Gasteiger partial charge in [-0.05, 0) is 5.41 Å². The van der Waals surface area contributed by atoms with Gasteiger partial charge in [-0.1, -0.05) is 13.8 Å². The molecule has 7 heteroatoms. The number of carboxylic acids is 1. The Balaban J connectivity index is 2.02. The first-order valence-corrected chi connectivity index (χ1v) is 5.67. The minimum absolute atomic E-state index is 0.163. The Kier molecular flexibility index (Phi) is 2.84. The standard InChI is InChI=1S/C11H16N4O3/c1-11(2)7(8(11)10(17)18)9(16)15(3)4-6-12-5-13-14-6/h5,7-8H,4H2,1-3H3,(H,17,18)(H,12,13,14). The van der Waals surface area contributed by atoms with Gasteiger partial charge >= 0.3 is 5.97 Å². The quantitative estimate of drug-likeness (QED) is 0.793. The maximum absolute atomic E-state index is 12.2. The van der Waals surface area contributed by atoms with Crippen molar-refractivity contribution in [2.75, 3.05) is 7.05 Å². The highest BCUT2D eigenvalue weighted by atomic mass is 16.4. The Morgan fingerprint density at radius 1 is 1.50 bits per heavy atom. The Labute approximate surface area is 104 Å². The summed E-state index contributed by atoms with van der Waals surface area (Å²) in [4.78, 5) is 28.6. The van der Waals surface area contributed by atoms with E-state index in [2.05, 4.69) is 15.2 Å². The van der Waals surface area contributed by atoms with E-state index in [4.69, 9.17) is 5.11 Å². The first-order chi connectivity index (χ1) is 8.35. The van der Waals surface area contributed by atoms with Gasteiger partial charge in [0.15, 0.2) is 0 Å². The number of amides is 1. The van der Waals surface area contributed by atoms with E-state index in [0.29, 0.717) is 12.4 Å². The van der Waals surface area contributed by atoms with E-state index < -0.39 is 23.2 Å². The van der Waals surface area contributed by atoms with Crippen LogP contribution in [0, 0.1) is 17.3 Å². The van der Waals surface area contributed by atoms with Crippen LogP contribution in [-0.4, -0.2) is 44.1 Å². The van der Waals surface area contributed by atoms with Crippen LogP contribution in [0.15, 0.2) is 6.33 Å². The van der Waals surface area contributed by atoms with Crippen LogP contribution in [0.25, 0.3) is 0 Å². The monoisotopic (exact) mass is 252 g/mol. The number of H-pyrrole nitrogens is 1. The number of nitrogens with zero attached hydrogens (tertiary/aromatic N) is 3. The summed E-state index contributed by atoms with van der Waals surface area (Å²) >= 11 is 0. The van der Waals surface area contributed by atoms with Gasteiger partial charge in [-0.2, -0.15) is 5.10 Å². The molecule has 1 aliphatic rings. The van der Waals surface area contributed by atoms with Gasteiger partial charge in [-0.25, -0.2) is 4.98 Å². The van der Waals surface area contributed by atoms with E-state index in [-0.39, 0.29) is 5.91 Å². The molecule has 18 heavy (non-hydrogen) atoms. The third kappa shape index (κ3) is 1.96. The number of carboxylic acid groups (broad SMARTS) is 1. The van der Waals surface area contributed by atoms with Crippen LogP contribution < -0.4 is 0 Å². The molecule has 0 aromatic carbocycles. The number of hydrogen-bond donors (Lipinski definition) is 2. The summed E-state index contributed by atoms with van der Waals surface area (Å²) in [5.74, 6) is -1.54. The average Bonchev–Trinajstić information content (AvgIpc) is 2.63. The highest BCUT2D eigenvalue weighted by Crippen LogP contribution is 2.58. The minimum Gasteiger partial charge on any atom is -0.481 e. The summed E-state index contributed by atoms with van der Waals surface area (Å²) < 4.78 is 0. The summed E-state index contributed by atoms with van der Waals surface area (Å²) in [6.07, 6.45) is 1.37. The lowest BCUT2D eigenvalue weighted by Crippen LogP contribution is -2.30. The van der Waals surface area contributed by atoms with E-state index >= 15 is 0 Å². The Morgan fingerprint density at radius 2 is 2.17 bits per heavy atom. The second-order valence-corrected chi connectivity index (χ2v) is 5.24. The molecule has 0 spiro atoms. The number of aromatic amines is 1. The van der Waals surface area contributed by atoms with Crippen molar-refractivity contribution >= 4 is 11.9 Å². The number of carbonyl (C=O) groups is 2. The van der Waals surface area contributed by atoms with Gasteiger partial charge in [0.2, 0.25) is 5.91 Å². The smallest absolute Gasteiger partial charge is 0.307 e.